The highest BCUT2D eigenvalue weighted by atomic mass is 16.5. The third-order valence-corrected chi connectivity index (χ3v) is 5.39. The van der Waals surface area contributed by atoms with E-state index in [0.29, 0.717) is 24.2 Å². The Morgan fingerprint density at radius 3 is 2.65 bits per heavy atom. The van der Waals surface area contributed by atoms with E-state index in [1.54, 1.807) is 19.2 Å². The van der Waals surface area contributed by atoms with Gasteiger partial charge in [0.15, 0.2) is 11.6 Å². The zero-order valence-electron chi connectivity index (χ0n) is 13.7. The van der Waals surface area contributed by atoms with Gasteiger partial charge in [-0.1, -0.05) is 49.9 Å². The van der Waals surface area contributed by atoms with Gasteiger partial charge < -0.3 is 4.74 Å². The fourth-order valence-electron chi connectivity index (χ4n) is 4.13. The molecule has 0 bridgehead atoms. The maximum absolute atomic E-state index is 13.2. The molecular weight excluding hydrogens is 288 g/mol. The molecule has 0 amide bonds. The van der Waals surface area contributed by atoms with Crippen LogP contribution >= 0.6 is 0 Å². The molecule has 0 radical (unpaired) electrons. The van der Waals surface area contributed by atoms with Crippen molar-refractivity contribution < 1.29 is 14.3 Å². The molecule has 0 aliphatic heterocycles. The molecule has 120 valence electrons. The Morgan fingerprint density at radius 1 is 1.30 bits per heavy atom. The molecule has 0 saturated carbocycles. The van der Waals surface area contributed by atoms with Crippen molar-refractivity contribution >= 4 is 11.6 Å². The lowest BCUT2D eigenvalue weighted by atomic mass is 9.54. The van der Waals surface area contributed by atoms with Crippen LogP contribution in [0.2, 0.25) is 0 Å². The number of allylic oxidation sites excluding steroid dienone is 3. The van der Waals surface area contributed by atoms with Crippen molar-refractivity contribution in [1.29, 1.82) is 0 Å². The fraction of sp³-hybridized carbons (Fsp3) is 0.400. The van der Waals surface area contributed by atoms with Gasteiger partial charge in [-0.05, 0) is 24.3 Å². The first-order chi connectivity index (χ1) is 11.0. The first-order valence-electron chi connectivity index (χ1n) is 8.04. The van der Waals surface area contributed by atoms with Gasteiger partial charge >= 0.3 is 0 Å². The van der Waals surface area contributed by atoms with Crippen molar-refractivity contribution in [3.8, 4) is 0 Å². The lowest BCUT2D eigenvalue weighted by Gasteiger charge is -2.46. The van der Waals surface area contributed by atoms with Crippen LogP contribution in [0.1, 0.15) is 40.5 Å². The average molecular weight is 310 g/mol. The maximum Gasteiger partial charge on any atom is 0.170 e. The standard InChI is InChI=1S/C20H22O3/c1-4-13-9-11-20(2)17(14(13)10-12-23-3)18(21)15-7-5-6-8-16(15)19(20)22/h4-9,14,17H,1,10-12H2,2-3H3/t14-,17+,20+/m1/s1. The lowest BCUT2D eigenvalue weighted by molar-refractivity contribution is 0.0448. The van der Waals surface area contributed by atoms with Crippen molar-refractivity contribution in [3.05, 3.63) is 59.7 Å². The molecule has 0 N–H and O–H groups in total. The number of hydrogen-bond donors (Lipinski definition) is 0. The minimum Gasteiger partial charge on any atom is -0.385 e. The second-order valence-electron chi connectivity index (χ2n) is 6.63. The van der Waals surface area contributed by atoms with Crippen LogP contribution in [0.15, 0.2) is 48.6 Å². The summed E-state index contributed by atoms with van der Waals surface area (Å²) in [4.78, 5) is 26.3. The molecule has 0 unspecified atom stereocenters. The Labute approximate surface area is 137 Å². The highest BCUT2D eigenvalue weighted by molar-refractivity contribution is 6.18. The number of ether oxygens (including phenoxy) is 1. The largest absolute Gasteiger partial charge is 0.385 e. The number of methoxy groups -OCH3 is 1. The molecule has 1 aromatic carbocycles. The van der Waals surface area contributed by atoms with E-state index in [0.717, 1.165) is 12.0 Å². The van der Waals surface area contributed by atoms with Crippen LogP contribution in [-0.4, -0.2) is 25.3 Å². The van der Waals surface area contributed by atoms with Gasteiger partial charge in [0.25, 0.3) is 0 Å². The zero-order valence-corrected chi connectivity index (χ0v) is 13.7. The molecule has 3 nitrogen and oxygen atoms in total. The average Bonchev–Trinajstić information content (AvgIpc) is 2.57. The van der Waals surface area contributed by atoms with E-state index in [2.05, 4.69) is 12.7 Å². The van der Waals surface area contributed by atoms with Crippen molar-refractivity contribution in [1.82, 2.24) is 0 Å². The molecule has 2 aliphatic carbocycles. The molecular formula is C20H22O3. The van der Waals surface area contributed by atoms with Gasteiger partial charge in [0.05, 0.1) is 0 Å². The van der Waals surface area contributed by atoms with Crippen molar-refractivity contribution in [2.75, 3.05) is 13.7 Å². The van der Waals surface area contributed by atoms with Crippen LogP contribution in [0.3, 0.4) is 0 Å². The number of Topliss-reactive ketones (excluding diaryl/α,β-unsaturated/α-hetero) is 2. The minimum atomic E-state index is -0.670. The Balaban J connectivity index is 2.13. The molecule has 23 heavy (non-hydrogen) atoms. The first kappa shape index (κ1) is 15.9. The molecule has 2 aliphatic rings. The van der Waals surface area contributed by atoms with E-state index >= 15 is 0 Å². The van der Waals surface area contributed by atoms with Gasteiger partial charge in [0, 0.05) is 36.2 Å². The third kappa shape index (κ3) is 2.31. The van der Waals surface area contributed by atoms with Crippen molar-refractivity contribution in [2.45, 2.75) is 19.8 Å². The van der Waals surface area contributed by atoms with E-state index in [-0.39, 0.29) is 23.4 Å². The van der Waals surface area contributed by atoms with E-state index < -0.39 is 5.41 Å². The molecule has 0 fully saturated rings. The van der Waals surface area contributed by atoms with Crippen LogP contribution in [0, 0.1) is 17.3 Å². The molecule has 0 aromatic heterocycles. The van der Waals surface area contributed by atoms with E-state index in [1.807, 2.05) is 25.1 Å². The summed E-state index contributed by atoms with van der Waals surface area (Å²) in [5.41, 5.74) is 1.52. The van der Waals surface area contributed by atoms with E-state index in [9.17, 15) is 9.59 Å². The lowest BCUT2D eigenvalue weighted by Crippen LogP contribution is -2.50. The molecule has 0 spiro atoms. The Morgan fingerprint density at radius 2 is 2.00 bits per heavy atom. The highest BCUT2D eigenvalue weighted by Gasteiger charge is 2.54. The van der Waals surface area contributed by atoms with Crippen LogP contribution in [0.5, 0.6) is 0 Å². The molecule has 3 rings (SSSR count). The first-order valence-corrected chi connectivity index (χ1v) is 8.04. The van der Waals surface area contributed by atoms with Crippen LogP contribution in [0.4, 0.5) is 0 Å². The second-order valence-corrected chi connectivity index (χ2v) is 6.63. The summed E-state index contributed by atoms with van der Waals surface area (Å²) in [5, 5.41) is 0. The molecule has 3 atom stereocenters. The summed E-state index contributed by atoms with van der Waals surface area (Å²) in [7, 11) is 1.66. The Hall–Kier alpha value is -2.00. The summed E-state index contributed by atoms with van der Waals surface area (Å²) in [6, 6.07) is 7.19. The maximum atomic E-state index is 13.2. The molecule has 3 heteroatoms. The summed E-state index contributed by atoms with van der Waals surface area (Å²) >= 11 is 0. The number of benzene rings is 1. The van der Waals surface area contributed by atoms with Gasteiger partial charge in [-0.2, -0.15) is 0 Å². The minimum absolute atomic E-state index is 0.0176. The second kappa shape index (κ2) is 5.89. The van der Waals surface area contributed by atoms with Gasteiger partial charge in [0.1, 0.15) is 0 Å². The highest BCUT2D eigenvalue weighted by Crippen LogP contribution is 2.51. The quantitative estimate of drug-likeness (QED) is 0.848. The number of fused-ring (bicyclic) bond motifs is 2. The van der Waals surface area contributed by atoms with Gasteiger partial charge in [-0.25, -0.2) is 0 Å². The summed E-state index contributed by atoms with van der Waals surface area (Å²) in [6.07, 6.45) is 5.19. The monoisotopic (exact) mass is 310 g/mol. The Bertz CT molecular complexity index is 701. The van der Waals surface area contributed by atoms with Crippen LogP contribution in [-0.2, 0) is 4.74 Å². The number of carbonyl (C=O) groups excluding carboxylic acids is 2. The predicted octanol–water partition coefficient (Wildman–Crippen LogP) is 3.86. The summed E-state index contributed by atoms with van der Waals surface area (Å²) < 4.78 is 5.22. The van der Waals surface area contributed by atoms with Crippen molar-refractivity contribution in [3.63, 3.8) is 0 Å². The summed E-state index contributed by atoms with van der Waals surface area (Å²) in [6.45, 7) is 6.38. The van der Waals surface area contributed by atoms with Crippen molar-refractivity contribution in [2.24, 2.45) is 17.3 Å². The SMILES string of the molecule is C=CC1=CC[C@]2(C)C(=O)c3ccccc3C(=O)[C@@H]2[C@@H]1CCOC. The topological polar surface area (TPSA) is 43.4 Å². The van der Waals surface area contributed by atoms with E-state index in [1.165, 1.54) is 0 Å². The van der Waals surface area contributed by atoms with Crippen LogP contribution < -0.4 is 0 Å². The molecule has 1 aromatic rings. The van der Waals surface area contributed by atoms with Gasteiger partial charge in [0.2, 0.25) is 0 Å². The van der Waals surface area contributed by atoms with E-state index in [4.69, 9.17) is 4.74 Å². The normalized spacial score (nSPS) is 29.6. The van der Waals surface area contributed by atoms with Gasteiger partial charge in [-0.3, -0.25) is 9.59 Å². The van der Waals surface area contributed by atoms with Crippen LogP contribution in [0.25, 0.3) is 0 Å². The molecule has 0 heterocycles. The molecule has 0 saturated heterocycles. The number of rotatable bonds is 4. The smallest absolute Gasteiger partial charge is 0.170 e. The Kier molecular flexibility index (Phi) is 4.07. The summed E-state index contributed by atoms with van der Waals surface area (Å²) in [5.74, 6) is -0.190. The number of hydrogen-bond acceptors (Lipinski definition) is 3. The number of carbonyl (C=O) groups is 2. The number of ketones is 2. The fourth-order valence-corrected chi connectivity index (χ4v) is 4.13. The van der Waals surface area contributed by atoms with Gasteiger partial charge in [-0.15, -0.1) is 0 Å². The predicted molar refractivity (Wildman–Crippen MR) is 89.6 cm³/mol. The third-order valence-electron chi connectivity index (χ3n) is 5.39. The zero-order chi connectivity index (χ0) is 16.6.